The quantitative estimate of drug-likeness (QED) is 0.676. The first-order chi connectivity index (χ1) is 10.2. The van der Waals surface area contributed by atoms with E-state index in [0.717, 1.165) is 22.4 Å². The number of imidazole rings is 1. The minimum Gasteiger partial charge on any atom is -0.367 e. The van der Waals surface area contributed by atoms with Crippen LogP contribution >= 0.6 is 27.7 Å². The topological polar surface area (TPSA) is 66.5 Å². The molecule has 1 aromatic carbocycles. The Morgan fingerprint density at radius 2 is 2.05 bits per heavy atom. The van der Waals surface area contributed by atoms with Gasteiger partial charge in [-0.3, -0.25) is 0 Å². The van der Waals surface area contributed by atoms with Gasteiger partial charge in [-0.05, 0) is 24.3 Å². The summed E-state index contributed by atoms with van der Waals surface area (Å²) >= 11 is 5.27. The summed E-state index contributed by atoms with van der Waals surface area (Å²) in [5.74, 6) is 0.792. The van der Waals surface area contributed by atoms with Gasteiger partial charge in [-0.1, -0.05) is 22.9 Å². The van der Waals surface area contributed by atoms with Crippen molar-refractivity contribution >= 4 is 44.7 Å². The number of benzene rings is 1. The molecule has 1 atom stereocenters. The normalized spacial score (nSPS) is 12.5. The smallest absolute Gasteiger partial charge is 0.182 e. The summed E-state index contributed by atoms with van der Waals surface area (Å²) in [6, 6.07) is 8.34. The van der Waals surface area contributed by atoms with E-state index in [9.17, 15) is 0 Å². The van der Waals surface area contributed by atoms with Crippen molar-refractivity contribution in [3.63, 3.8) is 0 Å². The molecule has 0 radical (unpaired) electrons. The van der Waals surface area contributed by atoms with Gasteiger partial charge in [0.25, 0.3) is 0 Å². The van der Waals surface area contributed by atoms with Crippen LogP contribution in [0.2, 0.25) is 0 Å². The number of hydrogen-bond acceptors (Lipinski definition) is 5. The van der Waals surface area contributed by atoms with Crippen molar-refractivity contribution in [3.05, 3.63) is 41.4 Å². The van der Waals surface area contributed by atoms with Crippen LogP contribution in [0.25, 0.3) is 11.2 Å². The molecule has 21 heavy (non-hydrogen) atoms. The zero-order valence-electron chi connectivity index (χ0n) is 11.4. The number of nitrogens with zero attached hydrogens (tertiary/aromatic N) is 3. The molecule has 0 spiro atoms. The molecule has 2 heterocycles. The van der Waals surface area contributed by atoms with E-state index in [0.29, 0.717) is 10.9 Å². The molecule has 0 fully saturated rings. The first-order valence-electron chi connectivity index (χ1n) is 6.52. The Hall–Kier alpha value is -1.60. The molecule has 0 saturated heterocycles. The average molecular weight is 364 g/mol. The van der Waals surface area contributed by atoms with Crippen molar-refractivity contribution in [2.24, 2.45) is 0 Å². The van der Waals surface area contributed by atoms with Gasteiger partial charge in [-0.25, -0.2) is 15.0 Å². The third-order valence-corrected chi connectivity index (χ3v) is 4.57. The van der Waals surface area contributed by atoms with Crippen LogP contribution in [0.4, 0.5) is 5.82 Å². The number of aromatic nitrogens is 4. The minimum absolute atomic E-state index is 0.416. The van der Waals surface area contributed by atoms with Gasteiger partial charge in [0, 0.05) is 21.2 Å². The number of halogens is 1. The van der Waals surface area contributed by atoms with Crippen LogP contribution in [0, 0.1) is 0 Å². The van der Waals surface area contributed by atoms with Crippen LogP contribution in [0.1, 0.15) is 6.92 Å². The maximum absolute atomic E-state index is 4.26. The largest absolute Gasteiger partial charge is 0.367 e. The van der Waals surface area contributed by atoms with E-state index in [1.165, 1.54) is 11.2 Å². The average Bonchev–Trinajstić information content (AvgIpc) is 2.96. The van der Waals surface area contributed by atoms with E-state index in [-0.39, 0.29) is 0 Å². The maximum Gasteiger partial charge on any atom is 0.182 e. The Morgan fingerprint density at radius 1 is 1.24 bits per heavy atom. The van der Waals surface area contributed by atoms with Crippen molar-refractivity contribution in [2.45, 2.75) is 17.1 Å². The monoisotopic (exact) mass is 363 g/mol. The van der Waals surface area contributed by atoms with Crippen molar-refractivity contribution in [1.29, 1.82) is 0 Å². The molecule has 0 aliphatic heterocycles. The highest BCUT2D eigenvalue weighted by molar-refractivity contribution is 9.10. The first-order valence-corrected chi connectivity index (χ1v) is 8.20. The predicted octanol–water partition coefficient (Wildman–Crippen LogP) is 3.71. The van der Waals surface area contributed by atoms with Gasteiger partial charge in [-0.15, -0.1) is 11.8 Å². The van der Waals surface area contributed by atoms with Crippen molar-refractivity contribution in [2.75, 3.05) is 11.9 Å². The summed E-state index contributed by atoms with van der Waals surface area (Å²) in [7, 11) is 0. The van der Waals surface area contributed by atoms with Gasteiger partial charge in [-0.2, -0.15) is 0 Å². The Bertz CT molecular complexity index is 728. The highest BCUT2D eigenvalue weighted by atomic mass is 79.9. The van der Waals surface area contributed by atoms with Gasteiger partial charge >= 0.3 is 0 Å². The molecule has 5 nitrogen and oxygen atoms in total. The molecule has 0 amide bonds. The summed E-state index contributed by atoms with van der Waals surface area (Å²) in [6.45, 7) is 3.00. The van der Waals surface area contributed by atoms with Crippen LogP contribution in [-0.4, -0.2) is 31.7 Å². The van der Waals surface area contributed by atoms with Gasteiger partial charge in [0.1, 0.15) is 11.8 Å². The molecule has 0 aliphatic rings. The molecular weight excluding hydrogens is 350 g/mol. The van der Waals surface area contributed by atoms with Crippen molar-refractivity contribution < 1.29 is 0 Å². The standard InChI is InChI=1S/C14H14BrN5S/c1-9(21-11-4-2-10(15)3-5-11)6-16-13-12-14(18-7-17-12)20-8-19-13/h2-5,7-9H,6H2,1H3,(H2,16,17,18,19,20). The van der Waals surface area contributed by atoms with Crippen LogP contribution in [0.3, 0.4) is 0 Å². The molecule has 1 unspecified atom stereocenters. The molecule has 0 aliphatic carbocycles. The molecule has 3 aromatic rings. The third-order valence-electron chi connectivity index (χ3n) is 2.93. The second kappa shape index (κ2) is 6.44. The van der Waals surface area contributed by atoms with E-state index in [1.807, 2.05) is 11.8 Å². The van der Waals surface area contributed by atoms with E-state index >= 15 is 0 Å². The number of anilines is 1. The summed E-state index contributed by atoms with van der Waals surface area (Å²) in [4.78, 5) is 16.8. The third kappa shape index (κ3) is 3.54. The number of aromatic amines is 1. The van der Waals surface area contributed by atoms with Crippen molar-refractivity contribution in [3.8, 4) is 0 Å². The fourth-order valence-electron chi connectivity index (χ4n) is 1.93. The number of hydrogen-bond donors (Lipinski definition) is 2. The molecule has 7 heteroatoms. The van der Waals surface area contributed by atoms with Crippen LogP contribution in [-0.2, 0) is 0 Å². The summed E-state index contributed by atoms with van der Waals surface area (Å²) in [5.41, 5.74) is 1.53. The molecule has 0 saturated carbocycles. The highest BCUT2D eigenvalue weighted by Gasteiger charge is 2.08. The minimum atomic E-state index is 0.416. The van der Waals surface area contributed by atoms with Gasteiger partial charge in [0.15, 0.2) is 11.5 Å². The zero-order chi connectivity index (χ0) is 14.7. The summed E-state index contributed by atoms with van der Waals surface area (Å²) in [5, 5.41) is 3.77. The number of rotatable bonds is 5. The SMILES string of the molecule is CC(CNc1ncnc2nc[nH]c12)Sc1ccc(Br)cc1. The fourth-order valence-corrected chi connectivity index (χ4v) is 3.12. The lowest BCUT2D eigenvalue weighted by Gasteiger charge is -2.13. The Morgan fingerprint density at radius 3 is 2.86 bits per heavy atom. The predicted molar refractivity (Wildman–Crippen MR) is 89.6 cm³/mol. The molecule has 0 bridgehead atoms. The number of H-pyrrole nitrogens is 1. The lowest BCUT2D eigenvalue weighted by Crippen LogP contribution is -2.14. The molecular formula is C14H14BrN5S. The highest BCUT2D eigenvalue weighted by Crippen LogP contribution is 2.25. The molecule has 2 N–H and O–H groups in total. The Labute approximate surface area is 135 Å². The maximum atomic E-state index is 4.26. The number of thioether (sulfide) groups is 1. The molecule has 2 aromatic heterocycles. The van der Waals surface area contributed by atoms with E-state index in [4.69, 9.17) is 0 Å². The molecule has 3 rings (SSSR count). The first kappa shape index (κ1) is 14.3. The number of nitrogens with one attached hydrogen (secondary N) is 2. The van der Waals surface area contributed by atoms with Crippen LogP contribution in [0.5, 0.6) is 0 Å². The lowest BCUT2D eigenvalue weighted by atomic mass is 10.4. The van der Waals surface area contributed by atoms with Crippen molar-refractivity contribution in [1.82, 2.24) is 19.9 Å². The summed E-state index contributed by atoms with van der Waals surface area (Å²) in [6.07, 6.45) is 3.16. The summed E-state index contributed by atoms with van der Waals surface area (Å²) < 4.78 is 1.10. The second-order valence-corrected chi connectivity index (χ2v) is 7.01. The van der Waals surface area contributed by atoms with Crippen LogP contribution in [0.15, 0.2) is 46.3 Å². The van der Waals surface area contributed by atoms with E-state index in [2.05, 4.69) is 72.4 Å². The number of fused-ring (bicyclic) bond motifs is 1. The van der Waals surface area contributed by atoms with Gasteiger partial charge in [0.2, 0.25) is 0 Å². The Balaban J connectivity index is 1.62. The second-order valence-electron chi connectivity index (χ2n) is 4.59. The lowest BCUT2D eigenvalue weighted by molar-refractivity contribution is 0.986. The van der Waals surface area contributed by atoms with E-state index in [1.54, 1.807) is 6.33 Å². The van der Waals surface area contributed by atoms with Gasteiger partial charge in [0.05, 0.1) is 6.33 Å². The van der Waals surface area contributed by atoms with Gasteiger partial charge < -0.3 is 10.3 Å². The van der Waals surface area contributed by atoms with E-state index < -0.39 is 0 Å². The zero-order valence-corrected chi connectivity index (χ0v) is 13.8. The fraction of sp³-hybridized carbons (Fsp3) is 0.214. The molecule has 108 valence electrons. The van der Waals surface area contributed by atoms with Crippen LogP contribution < -0.4 is 5.32 Å². The Kier molecular flexibility index (Phi) is 4.40.